The van der Waals surface area contributed by atoms with Crippen LogP contribution in [-0.2, 0) is 17.6 Å². The Morgan fingerprint density at radius 1 is 1.00 bits per heavy atom. The summed E-state index contributed by atoms with van der Waals surface area (Å²) < 4.78 is 16.7. The average molecular weight is 559 g/mol. The van der Waals surface area contributed by atoms with Crippen LogP contribution in [0.25, 0.3) is 0 Å². The Labute approximate surface area is 239 Å². The molecule has 0 bridgehead atoms. The van der Waals surface area contributed by atoms with Gasteiger partial charge in [-0.2, -0.15) is 10.5 Å². The summed E-state index contributed by atoms with van der Waals surface area (Å²) in [6.45, 7) is 4.13. The van der Waals surface area contributed by atoms with Gasteiger partial charge in [0.2, 0.25) is 5.75 Å². The molecule has 3 aliphatic rings. The van der Waals surface area contributed by atoms with E-state index in [0.717, 1.165) is 43.4 Å². The zero-order valence-corrected chi connectivity index (χ0v) is 24.5. The maximum atomic E-state index is 14.0. The Morgan fingerprint density at radius 3 is 2.27 bits per heavy atom. The smallest absolute Gasteiger partial charge is 0.203 e. The highest BCUT2D eigenvalue weighted by atomic mass is 32.1. The van der Waals surface area contributed by atoms with Gasteiger partial charge in [-0.15, -0.1) is 11.3 Å². The van der Waals surface area contributed by atoms with E-state index < -0.39 is 5.92 Å². The summed E-state index contributed by atoms with van der Waals surface area (Å²) in [5.41, 5.74) is 10.5. The number of ketones is 1. The summed E-state index contributed by atoms with van der Waals surface area (Å²) in [6, 6.07) is 8.32. The van der Waals surface area contributed by atoms with Crippen molar-refractivity contribution in [2.24, 2.45) is 11.1 Å². The normalized spacial score (nSPS) is 20.2. The van der Waals surface area contributed by atoms with E-state index in [1.807, 2.05) is 4.90 Å². The van der Waals surface area contributed by atoms with Crippen molar-refractivity contribution >= 4 is 22.1 Å². The molecule has 1 aromatic heterocycles. The van der Waals surface area contributed by atoms with Gasteiger partial charge < -0.3 is 19.9 Å². The monoisotopic (exact) mass is 558 g/mol. The lowest BCUT2D eigenvalue weighted by Crippen LogP contribution is -2.42. The number of ether oxygens (including phenoxy) is 3. The number of hydrogen-bond donors (Lipinski definition) is 1. The van der Waals surface area contributed by atoms with Gasteiger partial charge in [0.05, 0.1) is 44.5 Å². The van der Waals surface area contributed by atoms with Gasteiger partial charge in [0, 0.05) is 22.6 Å². The first-order valence-electron chi connectivity index (χ1n) is 13.5. The number of fused-ring (bicyclic) bond motifs is 1. The number of aryl methyl sites for hydroxylation is 1. The number of nitriles is 2. The number of carbonyl (C=O) groups is 1. The third kappa shape index (κ3) is 4.39. The van der Waals surface area contributed by atoms with Crippen LogP contribution >= 0.6 is 11.3 Å². The number of hydrogen-bond acceptors (Lipinski definition) is 9. The van der Waals surface area contributed by atoms with E-state index in [9.17, 15) is 15.3 Å². The van der Waals surface area contributed by atoms with E-state index in [0.29, 0.717) is 51.8 Å². The molecule has 0 amide bonds. The van der Waals surface area contributed by atoms with Crippen molar-refractivity contribution in [3.05, 3.63) is 56.4 Å². The summed E-state index contributed by atoms with van der Waals surface area (Å²) in [7, 11) is 4.59. The van der Waals surface area contributed by atoms with Crippen LogP contribution in [0.2, 0.25) is 0 Å². The number of anilines is 1. The quantitative estimate of drug-likeness (QED) is 0.453. The number of benzene rings is 1. The Morgan fingerprint density at radius 2 is 1.68 bits per heavy atom. The molecule has 0 saturated carbocycles. The molecule has 2 aliphatic carbocycles. The minimum Gasteiger partial charge on any atom is -0.493 e. The molecular formula is C31H34N4O4S. The van der Waals surface area contributed by atoms with Crippen LogP contribution in [0.15, 0.2) is 34.8 Å². The van der Waals surface area contributed by atoms with Crippen molar-refractivity contribution in [3.8, 4) is 29.4 Å². The van der Waals surface area contributed by atoms with Crippen LogP contribution in [0, 0.1) is 28.1 Å². The number of thiophene rings is 1. The Balaban J connectivity index is 1.79. The number of carbonyl (C=O) groups excluding carboxylic acids is 1. The molecule has 0 spiro atoms. The van der Waals surface area contributed by atoms with Gasteiger partial charge in [0.25, 0.3) is 0 Å². The third-order valence-electron chi connectivity index (χ3n) is 8.12. The molecule has 2 aromatic rings. The zero-order chi connectivity index (χ0) is 28.8. The van der Waals surface area contributed by atoms with Crippen molar-refractivity contribution in [2.45, 2.75) is 64.7 Å². The molecule has 5 rings (SSSR count). The van der Waals surface area contributed by atoms with Crippen LogP contribution in [0.3, 0.4) is 0 Å². The summed E-state index contributed by atoms with van der Waals surface area (Å²) in [5.74, 6) is 0.775. The number of allylic oxidation sites excluding steroid dienone is 3. The minimum atomic E-state index is -0.711. The van der Waals surface area contributed by atoms with Gasteiger partial charge in [0.15, 0.2) is 17.3 Å². The number of nitrogens with zero attached hydrogens (tertiary/aromatic N) is 3. The zero-order valence-electron chi connectivity index (χ0n) is 23.6. The molecule has 0 saturated heterocycles. The molecule has 8 nitrogen and oxygen atoms in total. The molecular weight excluding hydrogens is 524 g/mol. The fourth-order valence-corrected chi connectivity index (χ4v) is 7.72. The summed E-state index contributed by atoms with van der Waals surface area (Å²) in [5, 5.41) is 21.6. The largest absolute Gasteiger partial charge is 0.493 e. The first kappa shape index (κ1) is 27.6. The van der Waals surface area contributed by atoms with Gasteiger partial charge in [-0.1, -0.05) is 20.3 Å². The Hall–Kier alpha value is -3.95. The van der Waals surface area contributed by atoms with Crippen LogP contribution in [0.4, 0.5) is 5.00 Å². The number of methoxy groups -OCH3 is 3. The molecule has 208 valence electrons. The second-order valence-electron chi connectivity index (χ2n) is 11.3. The lowest BCUT2D eigenvalue weighted by Gasteiger charge is -2.43. The number of rotatable bonds is 5. The molecule has 1 aromatic carbocycles. The summed E-state index contributed by atoms with van der Waals surface area (Å²) >= 11 is 1.57. The maximum absolute atomic E-state index is 14.0. The molecule has 9 heteroatoms. The summed E-state index contributed by atoms with van der Waals surface area (Å²) in [4.78, 5) is 17.0. The van der Waals surface area contributed by atoms with Gasteiger partial charge in [-0.05, 0) is 60.8 Å². The second-order valence-corrected chi connectivity index (χ2v) is 12.4. The van der Waals surface area contributed by atoms with Crippen molar-refractivity contribution in [1.29, 1.82) is 10.5 Å². The van der Waals surface area contributed by atoms with E-state index in [-0.39, 0.29) is 22.6 Å². The highest BCUT2D eigenvalue weighted by molar-refractivity contribution is 7.16. The van der Waals surface area contributed by atoms with E-state index in [4.69, 9.17) is 19.9 Å². The van der Waals surface area contributed by atoms with Gasteiger partial charge in [-0.3, -0.25) is 9.69 Å². The number of nitrogens with two attached hydrogens (primary N) is 1. The Kier molecular flexibility index (Phi) is 7.29. The fraction of sp³-hybridized carbons (Fsp3) is 0.452. The third-order valence-corrected chi connectivity index (χ3v) is 9.40. The van der Waals surface area contributed by atoms with Crippen molar-refractivity contribution in [3.63, 3.8) is 0 Å². The van der Waals surface area contributed by atoms with E-state index >= 15 is 0 Å². The van der Waals surface area contributed by atoms with E-state index in [1.54, 1.807) is 23.5 Å². The molecule has 1 aliphatic heterocycles. The van der Waals surface area contributed by atoms with Crippen LogP contribution in [0.1, 0.15) is 73.4 Å². The minimum absolute atomic E-state index is 0.0353. The van der Waals surface area contributed by atoms with Gasteiger partial charge in [-0.25, -0.2) is 0 Å². The average Bonchev–Trinajstić information content (AvgIpc) is 3.10. The number of Topliss-reactive ketones (excluding diaryl/α,β-unsaturated/α-hetero) is 1. The van der Waals surface area contributed by atoms with Crippen molar-refractivity contribution in [2.75, 3.05) is 26.2 Å². The molecule has 0 fully saturated rings. The van der Waals surface area contributed by atoms with Crippen molar-refractivity contribution < 1.29 is 19.0 Å². The second kappa shape index (κ2) is 10.6. The predicted molar refractivity (Wildman–Crippen MR) is 153 cm³/mol. The maximum Gasteiger partial charge on any atom is 0.203 e. The highest BCUT2D eigenvalue weighted by Crippen LogP contribution is 2.54. The van der Waals surface area contributed by atoms with Crippen molar-refractivity contribution in [1.82, 2.24) is 0 Å². The van der Waals surface area contributed by atoms with Crippen LogP contribution in [0.5, 0.6) is 17.2 Å². The molecule has 2 N–H and O–H groups in total. The molecule has 0 radical (unpaired) electrons. The topological polar surface area (TPSA) is 122 Å². The van der Waals surface area contributed by atoms with E-state index in [2.05, 4.69) is 26.0 Å². The SMILES string of the molecule is COc1cc(C2C(C#N)=C(N)N(c3sc4c(c3C#N)CCCCC4)C3=C2C(=O)CC(C)(C)C3)cc(OC)c1OC. The predicted octanol–water partition coefficient (Wildman–Crippen LogP) is 5.86. The fourth-order valence-electron chi connectivity index (χ4n) is 6.34. The molecule has 2 heterocycles. The lowest BCUT2D eigenvalue weighted by atomic mass is 9.68. The van der Waals surface area contributed by atoms with Gasteiger partial charge in [0.1, 0.15) is 16.9 Å². The van der Waals surface area contributed by atoms with E-state index in [1.165, 1.54) is 26.2 Å². The van der Waals surface area contributed by atoms with Crippen LogP contribution in [-0.4, -0.2) is 27.1 Å². The summed E-state index contributed by atoms with van der Waals surface area (Å²) in [6.07, 6.45) is 5.93. The highest BCUT2D eigenvalue weighted by Gasteiger charge is 2.46. The van der Waals surface area contributed by atoms with Crippen LogP contribution < -0.4 is 24.8 Å². The standard InChI is InChI=1S/C31H34N4O4S/c1-31(2)13-21-27(22(36)14-31)26(17-11-23(37-3)28(39-5)24(12-17)38-4)20(16-33)29(34)35(21)30-19(15-32)18-9-7-6-8-10-25(18)40-30/h11-12,26H,6-10,13-14,34H2,1-5H3. The molecule has 1 atom stereocenters. The first-order chi connectivity index (χ1) is 19.2. The lowest BCUT2D eigenvalue weighted by molar-refractivity contribution is -0.118. The molecule has 1 unspecified atom stereocenters. The first-order valence-corrected chi connectivity index (χ1v) is 14.3. The Bertz CT molecular complexity index is 1510. The van der Waals surface area contributed by atoms with Gasteiger partial charge >= 0.3 is 0 Å². The molecule has 40 heavy (non-hydrogen) atoms.